The molecule has 136 valence electrons. The molecule has 0 saturated carbocycles. The standard InChI is InChI=1S/C14H16F3N5O3/c1-22-9(6-12(21-22)25-7-14(15,16)17)13(23)18-11-5-8(19-20-11)10-3-2-4-24-10/h5-6,10H,2-4,7H2,1H3,(H2,18,19,20,23)/t10-/m1/s1. The molecule has 1 aliphatic rings. The van der Waals surface area contributed by atoms with Gasteiger partial charge in [0, 0.05) is 25.8 Å². The molecule has 0 unspecified atom stereocenters. The second-order valence-electron chi connectivity index (χ2n) is 5.56. The maximum Gasteiger partial charge on any atom is 0.422 e. The van der Waals surface area contributed by atoms with E-state index in [0.717, 1.165) is 29.3 Å². The van der Waals surface area contributed by atoms with Gasteiger partial charge >= 0.3 is 6.18 Å². The largest absolute Gasteiger partial charge is 0.467 e. The van der Waals surface area contributed by atoms with E-state index in [1.165, 1.54) is 7.05 Å². The Bertz CT molecular complexity index is 749. The van der Waals surface area contributed by atoms with Gasteiger partial charge in [-0.15, -0.1) is 5.10 Å². The number of aryl methyl sites for hydroxylation is 1. The Morgan fingerprint density at radius 2 is 2.32 bits per heavy atom. The number of rotatable bonds is 5. The fourth-order valence-electron chi connectivity index (χ4n) is 2.45. The number of hydrogen-bond donors (Lipinski definition) is 2. The van der Waals surface area contributed by atoms with E-state index >= 15 is 0 Å². The van der Waals surface area contributed by atoms with Crippen LogP contribution in [-0.4, -0.2) is 45.3 Å². The lowest BCUT2D eigenvalue weighted by atomic mass is 10.2. The highest BCUT2D eigenvalue weighted by Crippen LogP contribution is 2.28. The first-order valence-corrected chi connectivity index (χ1v) is 7.54. The van der Waals surface area contributed by atoms with E-state index in [4.69, 9.17) is 4.74 Å². The van der Waals surface area contributed by atoms with Crippen LogP contribution in [0.5, 0.6) is 5.88 Å². The molecule has 25 heavy (non-hydrogen) atoms. The number of anilines is 1. The Morgan fingerprint density at radius 1 is 1.52 bits per heavy atom. The van der Waals surface area contributed by atoms with E-state index in [1.807, 2.05) is 0 Å². The smallest absolute Gasteiger partial charge is 0.422 e. The van der Waals surface area contributed by atoms with Crippen molar-refractivity contribution in [3.05, 3.63) is 23.5 Å². The van der Waals surface area contributed by atoms with Crippen molar-refractivity contribution in [1.82, 2.24) is 20.0 Å². The number of amides is 1. The fraction of sp³-hybridized carbons (Fsp3) is 0.500. The molecule has 0 bridgehead atoms. The molecule has 0 radical (unpaired) electrons. The van der Waals surface area contributed by atoms with Crippen LogP contribution in [0.15, 0.2) is 12.1 Å². The lowest BCUT2D eigenvalue weighted by molar-refractivity contribution is -0.154. The van der Waals surface area contributed by atoms with Gasteiger partial charge < -0.3 is 14.8 Å². The number of H-pyrrole nitrogens is 1. The molecule has 1 atom stereocenters. The molecule has 0 aromatic carbocycles. The second kappa shape index (κ2) is 6.75. The van der Waals surface area contributed by atoms with Crippen molar-refractivity contribution in [3.8, 4) is 5.88 Å². The van der Waals surface area contributed by atoms with Gasteiger partial charge in [0.1, 0.15) is 5.69 Å². The number of carbonyl (C=O) groups is 1. The molecule has 3 rings (SSSR count). The number of nitrogens with one attached hydrogen (secondary N) is 2. The van der Waals surface area contributed by atoms with Crippen LogP contribution in [0.3, 0.4) is 0 Å². The van der Waals surface area contributed by atoms with E-state index in [2.05, 4.69) is 25.3 Å². The molecule has 11 heteroatoms. The third kappa shape index (κ3) is 4.29. The van der Waals surface area contributed by atoms with Crippen LogP contribution < -0.4 is 10.1 Å². The Balaban J connectivity index is 1.64. The number of halogens is 3. The first kappa shape index (κ1) is 17.3. The molecule has 2 aromatic rings. The predicted molar refractivity (Wildman–Crippen MR) is 79.2 cm³/mol. The average molecular weight is 359 g/mol. The highest BCUT2D eigenvalue weighted by molar-refractivity contribution is 6.02. The molecule has 8 nitrogen and oxygen atoms in total. The number of carbonyl (C=O) groups excluding carboxylic acids is 1. The lowest BCUT2D eigenvalue weighted by Gasteiger charge is -2.05. The number of aromatic nitrogens is 4. The van der Waals surface area contributed by atoms with Gasteiger partial charge in [-0.2, -0.15) is 18.3 Å². The molecule has 3 heterocycles. The summed E-state index contributed by atoms with van der Waals surface area (Å²) in [6, 6.07) is 2.79. The van der Waals surface area contributed by atoms with Crippen molar-refractivity contribution in [1.29, 1.82) is 0 Å². The quantitative estimate of drug-likeness (QED) is 0.853. The summed E-state index contributed by atoms with van der Waals surface area (Å²) in [5.41, 5.74) is 0.797. The zero-order chi connectivity index (χ0) is 18.0. The highest BCUT2D eigenvalue weighted by Gasteiger charge is 2.29. The number of alkyl halides is 3. The predicted octanol–water partition coefficient (Wildman–Crippen LogP) is 2.19. The number of nitrogens with zero attached hydrogens (tertiary/aromatic N) is 3. The maximum absolute atomic E-state index is 12.2. The summed E-state index contributed by atoms with van der Waals surface area (Å²) in [6.07, 6.45) is -2.72. The summed E-state index contributed by atoms with van der Waals surface area (Å²) in [4.78, 5) is 12.2. The molecule has 0 spiro atoms. The van der Waals surface area contributed by atoms with Crippen LogP contribution in [0, 0.1) is 0 Å². The van der Waals surface area contributed by atoms with E-state index < -0.39 is 18.7 Å². The van der Waals surface area contributed by atoms with Crippen LogP contribution in [0.4, 0.5) is 19.0 Å². The Morgan fingerprint density at radius 3 is 3.00 bits per heavy atom. The monoisotopic (exact) mass is 359 g/mol. The van der Waals surface area contributed by atoms with Crippen molar-refractivity contribution in [2.24, 2.45) is 7.05 Å². The van der Waals surface area contributed by atoms with Gasteiger partial charge in [-0.1, -0.05) is 0 Å². The third-order valence-electron chi connectivity index (χ3n) is 3.59. The molecule has 1 saturated heterocycles. The average Bonchev–Trinajstić information content (AvgIpc) is 3.23. The molecule has 2 aromatic heterocycles. The Hall–Kier alpha value is -2.56. The summed E-state index contributed by atoms with van der Waals surface area (Å²) >= 11 is 0. The Kier molecular flexibility index (Phi) is 4.66. The number of aromatic amines is 1. The molecule has 1 fully saturated rings. The minimum absolute atomic E-state index is 0.0406. The Labute approximate surface area is 140 Å². The normalized spacial score (nSPS) is 17.7. The summed E-state index contributed by atoms with van der Waals surface area (Å²) in [6.45, 7) is -0.795. The number of ether oxygens (including phenoxy) is 2. The highest BCUT2D eigenvalue weighted by atomic mass is 19.4. The maximum atomic E-state index is 12.2. The summed E-state index contributed by atoms with van der Waals surface area (Å²) in [5, 5.41) is 13.1. The van der Waals surface area contributed by atoms with E-state index in [0.29, 0.717) is 6.61 Å². The summed E-state index contributed by atoms with van der Waals surface area (Å²) in [7, 11) is 1.43. The third-order valence-corrected chi connectivity index (χ3v) is 3.59. The van der Waals surface area contributed by atoms with Crippen LogP contribution in [0.2, 0.25) is 0 Å². The second-order valence-corrected chi connectivity index (χ2v) is 5.56. The molecule has 1 amide bonds. The van der Waals surface area contributed by atoms with Gasteiger partial charge in [-0.25, -0.2) is 0 Å². The van der Waals surface area contributed by atoms with Crippen molar-refractivity contribution in [2.75, 3.05) is 18.5 Å². The summed E-state index contributed by atoms with van der Waals surface area (Å²) in [5.74, 6) is -0.566. The van der Waals surface area contributed by atoms with E-state index in [-0.39, 0.29) is 23.5 Å². The fourth-order valence-corrected chi connectivity index (χ4v) is 2.45. The van der Waals surface area contributed by atoms with Crippen molar-refractivity contribution < 1.29 is 27.4 Å². The molecule has 0 aliphatic carbocycles. The lowest BCUT2D eigenvalue weighted by Crippen LogP contribution is -2.19. The van der Waals surface area contributed by atoms with E-state index in [1.54, 1.807) is 6.07 Å². The zero-order valence-electron chi connectivity index (χ0n) is 13.3. The zero-order valence-corrected chi connectivity index (χ0v) is 13.3. The first-order chi connectivity index (χ1) is 11.8. The van der Waals surface area contributed by atoms with E-state index in [9.17, 15) is 18.0 Å². The van der Waals surface area contributed by atoms with Crippen LogP contribution >= 0.6 is 0 Å². The van der Waals surface area contributed by atoms with Gasteiger partial charge in [0.2, 0.25) is 5.88 Å². The molecule has 2 N–H and O–H groups in total. The molecular weight excluding hydrogens is 343 g/mol. The molecule has 1 aliphatic heterocycles. The minimum Gasteiger partial charge on any atom is -0.467 e. The van der Waals surface area contributed by atoms with Crippen LogP contribution in [0.25, 0.3) is 0 Å². The summed E-state index contributed by atoms with van der Waals surface area (Å²) < 4.78 is 47.7. The van der Waals surface area contributed by atoms with Gasteiger partial charge in [-0.05, 0) is 12.8 Å². The molecular formula is C14H16F3N5O3. The van der Waals surface area contributed by atoms with Crippen molar-refractivity contribution >= 4 is 11.7 Å². The van der Waals surface area contributed by atoms with Crippen molar-refractivity contribution in [3.63, 3.8) is 0 Å². The van der Waals surface area contributed by atoms with Gasteiger partial charge in [-0.3, -0.25) is 14.6 Å². The number of hydrogen-bond acceptors (Lipinski definition) is 5. The van der Waals surface area contributed by atoms with Gasteiger partial charge in [0.15, 0.2) is 12.4 Å². The van der Waals surface area contributed by atoms with Gasteiger partial charge in [0.25, 0.3) is 5.91 Å². The minimum atomic E-state index is -4.48. The first-order valence-electron chi connectivity index (χ1n) is 7.54. The SMILES string of the molecule is Cn1nc(OCC(F)(F)F)cc1C(=O)Nc1cc([C@H]2CCCO2)[nH]n1. The van der Waals surface area contributed by atoms with Crippen molar-refractivity contribution in [2.45, 2.75) is 25.1 Å². The van der Waals surface area contributed by atoms with Gasteiger partial charge in [0.05, 0.1) is 11.8 Å². The topological polar surface area (TPSA) is 94.1 Å². The van der Waals surface area contributed by atoms with Crippen LogP contribution in [-0.2, 0) is 11.8 Å². The van der Waals surface area contributed by atoms with Crippen LogP contribution in [0.1, 0.15) is 35.1 Å².